The van der Waals surface area contributed by atoms with Crippen LogP contribution in [0.2, 0.25) is 0 Å². The predicted octanol–water partition coefficient (Wildman–Crippen LogP) is 2.97. The number of hydrogen-bond donors (Lipinski definition) is 1. The van der Waals surface area contributed by atoms with Gasteiger partial charge in [0.15, 0.2) is 0 Å². The molecule has 7 nitrogen and oxygen atoms in total. The van der Waals surface area contributed by atoms with E-state index in [0.29, 0.717) is 12.1 Å². The number of aromatic nitrogens is 2. The third kappa shape index (κ3) is 3.83. The molecule has 1 unspecified atom stereocenters. The van der Waals surface area contributed by atoms with E-state index in [1.807, 2.05) is 30.7 Å². The highest BCUT2D eigenvalue weighted by molar-refractivity contribution is 6.21. The van der Waals surface area contributed by atoms with Crippen molar-refractivity contribution in [2.75, 3.05) is 18.0 Å². The Kier molecular flexibility index (Phi) is 5.24. The summed E-state index contributed by atoms with van der Waals surface area (Å²) in [7, 11) is 0. The maximum Gasteiger partial charge on any atom is 0.277 e. The molecule has 7 heteroatoms. The van der Waals surface area contributed by atoms with E-state index in [9.17, 15) is 9.59 Å². The van der Waals surface area contributed by atoms with Gasteiger partial charge < -0.3 is 9.47 Å². The number of aryl methyl sites for hydroxylation is 1. The summed E-state index contributed by atoms with van der Waals surface area (Å²) in [6, 6.07) is 8.17. The highest BCUT2D eigenvalue weighted by Crippen LogP contribution is 2.42. The lowest BCUT2D eigenvalue weighted by atomic mass is 9.92. The Hall–Kier alpha value is -3.48. The monoisotopic (exact) mass is 415 g/mol. The number of fused-ring (bicyclic) bond motifs is 1. The Morgan fingerprint density at radius 3 is 2.87 bits per heavy atom. The maximum atomic E-state index is 12.8. The van der Waals surface area contributed by atoms with Crippen molar-refractivity contribution in [1.29, 1.82) is 0 Å². The zero-order valence-electron chi connectivity index (χ0n) is 17.3. The number of allylic oxidation sites excluding steroid dienone is 2. The van der Waals surface area contributed by atoms with Gasteiger partial charge in [-0.25, -0.2) is 9.98 Å². The Morgan fingerprint density at radius 1 is 1.16 bits per heavy atom. The van der Waals surface area contributed by atoms with Crippen molar-refractivity contribution in [3.63, 3.8) is 0 Å². The highest BCUT2D eigenvalue weighted by Gasteiger charge is 2.41. The Bertz CT molecular complexity index is 1100. The number of para-hydroxylation sites is 1. The van der Waals surface area contributed by atoms with Gasteiger partial charge in [0.25, 0.3) is 11.8 Å². The van der Waals surface area contributed by atoms with E-state index in [1.54, 1.807) is 6.20 Å². The second kappa shape index (κ2) is 8.34. The number of carbonyl (C=O) groups is 2. The number of nitrogens with zero attached hydrogens (tertiary/aromatic N) is 4. The molecule has 2 aliphatic heterocycles. The molecule has 2 aromatic rings. The zero-order chi connectivity index (χ0) is 21.2. The van der Waals surface area contributed by atoms with Crippen molar-refractivity contribution < 1.29 is 9.59 Å². The van der Waals surface area contributed by atoms with Crippen LogP contribution in [0.4, 0.5) is 5.69 Å². The molecule has 1 aliphatic carbocycles. The first-order chi connectivity index (χ1) is 15.2. The number of carbonyl (C=O) groups excluding carboxylic acids is 2. The first kappa shape index (κ1) is 19.5. The fourth-order valence-corrected chi connectivity index (χ4v) is 4.64. The molecule has 1 N–H and O–H groups in total. The molecule has 158 valence electrons. The quantitative estimate of drug-likeness (QED) is 0.736. The SMILES string of the molecule is O=C1NC(=O)C(C2CN(CCCn3ccnc3)c3ccccc32)=C1N=C1C=CCCC1. The van der Waals surface area contributed by atoms with Crippen molar-refractivity contribution >= 4 is 23.2 Å². The first-order valence-electron chi connectivity index (χ1n) is 10.8. The van der Waals surface area contributed by atoms with Crippen LogP contribution in [0.1, 0.15) is 37.2 Å². The van der Waals surface area contributed by atoms with Gasteiger partial charge in [-0.3, -0.25) is 14.9 Å². The fourth-order valence-electron chi connectivity index (χ4n) is 4.64. The summed E-state index contributed by atoms with van der Waals surface area (Å²) in [4.78, 5) is 36.4. The average molecular weight is 415 g/mol. The van der Waals surface area contributed by atoms with Gasteiger partial charge in [0.05, 0.1) is 11.9 Å². The second-order valence-electron chi connectivity index (χ2n) is 8.15. The molecule has 1 atom stereocenters. The fraction of sp³-hybridized carbons (Fsp3) is 0.333. The number of rotatable bonds is 6. The maximum absolute atomic E-state index is 12.8. The standard InChI is InChI=1S/C24H25N5O2/c30-23-21(22(24(31)27-23)26-17-7-2-1-3-8-17)19-15-29(20-10-5-4-9-18(19)20)13-6-12-28-14-11-25-16-28/h2,4-5,7,9-11,14,16,19H,1,3,6,8,12-13,15H2,(H,27,30,31). The molecule has 0 saturated heterocycles. The lowest BCUT2D eigenvalue weighted by Crippen LogP contribution is -2.27. The molecule has 0 spiro atoms. The number of nitrogens with one attached hydrogen (secondary N) is 1. The van der Waals surface area contributed by atoms with Crippen molar-refractivity contribution in [2.24, 2.45) is 4.99 Å². The third-order valence-electron chi connectivity index (χ3n) is 6.12. The number of imide groups is 1. The summed E-state index contributed by atoms with van der Waals surface area (Å²) in [5.41, 5.74) is 3.86. The van der Waals surface area contributed by atoms with Crippen LogP contribution >= 0.6 is 0 Å². The number of benzene rings is 1. The number of amides is 2. The summed E-state index contributed by atoms with van der Waals surface area (Å²) in [6.45, 7) is 2.42. The minimum absolute atomic E-state index is 0.164. The van der Waals surface area contributed by atoms with Crippen LogP contribution in [-0.2, 0) is 16.1 Å². The van der Waals surface area contributed by atoms with Gasteiger partial charge in [-0.1, -0.05) is 24.3 Å². The predicted molar refractivity (Wildman–Crippen MR) is 119 cm³/mol. The minimum Gasteiger partial charge on any atom is -0.370 e. The summed E-state index contributed by atoms with van der Waals surface area (Å²) >= 11 is 0. The molecule has 0 fully saturated rings. The van der Waals surface area contributed by atoms with Crippen molar-refractivity contribution in [2.45, 2.75) is 38.1 Å². The summed E-state index contributed by atoms with van der Waals surface area (Å²) in [5.74, 6) is -0.866. The lowest BCUT2D eigenvalue weighted by molar-refractivity contribution is -0.124. The molecule has 31 heavy (non-hydrogen) atoms. The molecule has 1 aromatic carbocycles. The largest absolute Gasteiger partial charge is 0.370 e. The van der Waals surface area contributed by atoms with E-state index in [4.69, 9.17) is 0 Å². The van der Waals surface area contributed by atoms with Gasteiger partial charge in [-0.2, -0.15) is 0 Å². The van der Waals surface area contributed by atoms with Gasteiger partial charge in [0, 0.05) is 49.3 Å². The molecule has 1 aromatic heterocycles. The zero-order valence-corrected chi connectivity index (χ0v) is 17.3. The van der Waals surface area contributed by atoms with E-state index >= 15 is 0 Å². The summed E-state index contributed by atoms with van der Waals surface area (Å²) < 4.78 is 2.07. The van der Waals surface area contributed by atoms with E-state index in [1.165, 1.54) is 0 Å². The van der Waals surface area contributed by atoms with Gasteiger partial charge >= 0.3 is 0 Å². The first-order valence-corrected chi connectivity index (χ1v) is 10.8. The topological polar surface area (TPSA) is 79.6 Å². The van der Waals surface area contributed by atoms with Gasteiger partial charge in [-0.05, 0) is 43.4 Å². The van der Waals surface area contributed by atoms with Crippen LogP contribution in [0.25, 0.3) is 0 Å². The van der Waals surface area contributed by atoms with Crippen molar-refractivity contribution in [3.05, 3.63) is 72.0 Å². The van der Waals surface area contributed by atoms with Crippen LogP contribution in [0, 0.1) is 0 Å². The lowest BCUT2D eigenvalue weighted by Gasteiger charge is -2.20. The minimum atomic E-state index is -0.387. The molecule has 0 radical (unpaired) electrons. The molecule has 2 amide bonds. The molecular weight excluding hydrogens is 390 g/mol. The molecule has 0 bridgehead atoms. The van der Waals surface area contributed by atoms with E-state index < -0.39 is 0 Å². The van der Waals surface area contributed by atoms with E-state index in [0.717, 1.165) is 55.7 Å². The van der Waals surface area contributed by atoms with E-state index in [2.05, 4.69) is 43.0 Å². The van der Waals surface area contributed by atoms with Crippen molar-refractivity contribution in [1.82, 2.24) is 14.9 Å². The smallest absolute Gasteiger partial charge is 0.277 e. The van der Waals surface area contributed by atoms with Crippen LogP contribution in [0.3, 0.4) is 0 Å². The average Bonchev–Trinajstić information content (AvgIpc) is 3.49. The Balaban J connectivity index is 1.44. The van der Waals surface area contributed by atoms with E-state index in [-0.39, 0.29) is 23.4 Å². The molecule has 5 rings (SSSR count). The molecule has 0 saturated carbocycles. The molecule has 3 heterocycles. The van der Waals surface area contributed by atoms with Gasteiger partial charge in [0.1, 0.15) is 5.70 Å². The third-order valence-corrected chi connectivity index (χ3v) is 6.12. The second-order valence-corrected chi connectivity index (χ2v) is 8.15. The number of anilines is 1. The number of imidazole rings is 1. The van der Waals surface area contributed by atoms with Gasteiger partial charge in [-0.15, -0.1) is 0 Å². The molecular formula is C24H25N5O2. The van der Waals surface area contributed by atoms with Crippen molar-refractivity contribution in [3.8, 4) is 0 Å². The summed E-state index contributed by atoms with van der Waals surface area (Å²) in [6.07, 6.45) is 13.5. The van der Waals surface area contributed by atoms with Crippen LogP contribution in [0.5, 0.6) is 0 Å². The Labute approximate surface area is 181 Å². The highest BCUT2D eigenvalue weighted by atomic mass is 16.2. The summed E-state index contributed by atoms with van der Waals surface area (Å²) in [5, 5.41) is 2.48. The van der Waals surface area contributed by atoms with Crippen LogP contribution < -0.4 is 10.2 Å². The molecule has 3 aliphatic rings. The normalized spacial score (nSPS) is 21.9. The van der Waals surface area contributed by atoms with Crippen LogP contribution in [-0.4, -0.2) is 40.2 Å². The van der Waals surface area contributed by atoms with Gasteiger partial charge in [0.2, 0.25) is 0 Å². The number of aliphatic imine (C=N–C) groups is 1. The Morgan fingerprint density at radius 2 is 2.06 bits per heavy atom. The van der Waals surface area contributed by atoms with Crippen LogP contribution in [0.15, 0.2) is 71.4 Å². The number of hydrogen-bond acceptors (Lipinski definition) is 5.